The van der Waals surface area contributed by atoms with Crippen molar-refractivity contribution in [1.82, 2.24) is 0 Å². The van der Waals surface area contributed by atoms with Crippen LogP contribution in [0.3, 0.4) is 0 Å². The largest absolute Gasteiger partial charge is 0.395 e. The van der Waals surface area contributed by atoms with Gasteiger partial charge in [-0.15, -0.1) is 0 Å². The Hall–Kier alpha value is -0.210. The van der Waals surface area contributed by atoms with Gasteiger partial charge in [0.1, 0.15) is 4.75 Å². The third-order valence-corrected chi connectivity index (χ3v) is 3.41. The molecule has 0 bridgehead atoms. The van der Waals surface area contributed by atoms with E-state index in [1.54, 1.807) is 0 Å². The Kier molecular flexibility index (Phi) is 3.60. The molecule has 0 rings (SSSR count). The summed E-state index contributed by atoms with van der Waals surface area (Å²) in [5.41, 5.74) is 4.99. The van der Waals surface area contributed by atoms with Crippen molar-refractivity contribution in [3.63, 3.8) is 0 Å². The molecule has 0 amide bonds. The molecule has 6 nitrogen and oxygen atoms in total. The summed E-state index contributed by atoms with van der Waals surface area (Å²) in [7, 11) is -4.51. The topological polar surface area (TPSA) is 121 Å². The van der Waals surface area contributed by atoms with Crippen molar-refractivity contribution in [2.45, 2.75) is 17.8 Å². The highest BCUT2D eigenvalue weighted by molar-refractivity contribution is 7.87. The van der Waals surface area contributed by atoms with E-state index in [0.29, 0.717) is 0 Å². The molecule has 7 heteroatoms. The molecule has 0 fully saturated rings. The quantitative estimate of drug-likeness (QED) is 0.386. The summed E-state index contributed by atoms with van der Waals surface area (Å²) < 4.78 is 28.0. The second-order valence-electron chi connectivity index (χ2n) is 2.70. The third kappa shape index (κ3) is 1.93. The molecule has 12 heavy (non-hydrogen) atoms. The van der Waals surface area contributed by atoms with Crippen LogP contribution in [0.2, 0.25) is 0 Å². The van der Waals surface area contributed by atoms with Crippen LogP contribution in [-0.4, -0.2) is 47.2 Å². The van der Waals surface area contributed by atoms with E-state index in [1.807, 2.05) is 0 Å². The van der Waals surface area contributed by atoms with Crippen molar-refractivity contribution in [3.8, 4) is 0 Å². The third-order valence-electron chi connectivity index (χ3n) is 1.83. The number of nitrogens with two attached hydrogens (primary N) is 1. The number of hydrogen-bond acceptors (Lipinski definition) is 5. The molecular weight excluding hydrogens is 186 g/mol. The summed E-state index contributed by atoms with van der Waals surface area (Å²) >= 11 is 0. The monoisotopic (exact) mass is 199 g/mol. The van der Waals surface area contributed by atoms with Crippen molar-refractivity contribution >= 4 is 10.1 Å². The van der Waals surface area contributed by atoms with Crippen molar-refractivity contribution in [2.24, 2.45) is 5.73 Å². The van der Waals surface area contributed by atoms with Gasteiger partial charge >= 0.3 is 0 Å². The predicted octanol–water partition coefficient (Wildman–Crippen LogP) is -2.06. The van der Waals surface area contributed by atoms with Gasteiger partial charge in [0.05, 0.1) is 12.7 Å². The molecule has 0 saturated carbocycles. The lowest BCUT2D eigenvalue weighted by molar-refractivity contribution is 0.0938. The molecule has 2 atom stereocenters. The molecule has 0 aromatic carbocycles. The minimum absolute atomic E-state index is 0.350. The number of rotatable bonds is 4. The van der Waals surface area contributed by atoms with E-state index < -0.39 is 27.6 Å². The van der Waals surface area contributed by atoms with E-state index in [9.17, 15) is 8.42 Å². The van der Waals surface area contributed by atoms with E-state index in [1.165, 1.54) is 0 Å². The first-order valence-corrected chi connectivity index (χ1v) is 4.69. The SMILES string of the molecule is CC(CO)(C(O)CN)S(=O)(=O)O. The van der Waals surface area contributed by atoms with Gasteiger partial charge in [0, 0.05) is 6.54 Å². The molecule has 0 saturated heterocycles. The maximum absolute atomic E-state index is 10.7. The highest BCUT2D eigenvalue weighted by atomic mass is 32.2. The van der Waals surface area contributed by atoms with Crippen LogP contribution in [0.5, 0.6) is 0 Å². The van der Waals surface area contributed by atoms with Gasteiger partial charge in [-0.2, -0.15) is 8.42 Å². The van der Waals surface area contributed by atoms with Crippen LogP contribution in [0.4, 0.5) is 0 Å². The summed E-state index contributed by atoms with van der Waals surface area (Å²) in [4.78, 5) is 0. The lowest BCUT2D eigenvalue weighted by atomic mass is 10.1. The lowest BCUT2D eigenvalue weighted by Crippen LogP contribution is -2.52. The van der Waals surface area contributed by atoms with Gasteiger partial charge in [-0.05, 0) is 6.92 Å². The van der Waals surface area contributed by atoms with E-state index in [4.69, 9.17) is 20.5 Å². The lowest BCUT2D eigenvalue weighted by Gasteiger charge is -2.27. The van der Waals surface area contributed by atoms with E-state index in [-0.39, 0.29) is 6.54 Å². The van der Waals surface area contributed by atoms with Crippen molar-refractivity contribution in [1.29, 1.82) is 0 Å². The summed E-state index contributed by atoms with van der Waals surface area (Å²) in [6.07, 6.45) is -1.49. The smallest absolute Gasteiger partial charge is 0.275 e. The number of aliphatic hydroxyl groups excluding tert-OH is 2. The first kappa shape index (κ1) is 11.8. The van der Waals surface area contributed by atoms with Gasteiger partial charge in [0.2, 0.25) is 0 Å². The predicted molar refractivity (Wildman–Crippen MR) is 42.1 cm³/mol. The van der Waals surface area contributed by atoms with Crippen LogP contribution in [0.25, 0.3) is 0 Å². The molecule has 5 N–H and O–H groups in total. The molecule has 74 valence electrons. The fraction of sp³-hybridized carbons (Fsp3) is 1.00. The molecule has 0 aromatic heterocycles. The zero-order valence-corrected chi connectivity index (χ0v) is 7.45. The van der Waals surface area contributed by atoms with Crippen molar-refractivity contribution < 1.29 is 23.2 Å². The minimum atomic E-state index is -4.51. The summed E-state index contributed by atoms with van der Waals surface area (Å²) in [6.45, 7) is -0.221. The Labute approximate surface area is 70.8 Å². The van der Waals surface area contributed by atoms with Crippen LogP contribution >= 0.6 is 0 Å². The van der Waals surface area contributed by atoms with Gasteiger partial charge in [-0.1, -0.05) is 0 Å². The Bertz CT molecular complexity index is 238. The van der Waals surface area contributed by atoms with Crippen LogP contribution < -0.4 is 5.73 Å². The molecule has 0 aliphatic heterocycles. The van der Waals surface area contributed by atoms with E-state index in [0.717, 1.165) is 6.92 Å². The summed E-state index contributed by atoms with van der Waals surface area (Å²) in [6, 6.07) is 0. The normalized spacial score (nSPS) is 20.1. The first-order chi connectivity index (χ1) is 5.29. The average Bonchev–Trinajstić information content (AvgIpc) is 1.99. The maximum atomic E-state index is 10.7. The van der Waals surface area contributed by atoms with Crippen molar-refractivity contribution in [3.05, 3.63) is 0 Å². The molecule has 0 aliphatic carbocycles. The van der Waals surface area contributed by atoms with Crippen LogP contribution in [0.1, 0.15) is 6.92 Å². The fourth-order valence-corrected chi connectivity index (χ4v) is 1.21. The van der Waals surface area contributed by atoms with Crippen LogP contribution in [0.15, 0.2) is 0 Å². The molecule has 0 aliphatic rings. The molecule has 0 heterocycles. The molecule has 0 spiro atoms. The first-order valence-electron chi connectivity index (χ1n) is 3.25. The second kappa shape index (κ2) is 3.67. The van der Waals surface area contributed by atoms with Gasteiger partial charge < -0.3 is 15.9 Å². The number of aliphatic hydroxyl groups is 2. The maximum Gasteiger partial charge on any atom is 0.275 e. The van der Waals surface area contributed by atoms with Crippen LogP contribution in [0, 0.1) is 0 Å². The molecule has 0 radical (unpaired) electrons. The standard InChI is InChI=1S/C5H13NO5S/c1-5(3-7,4(8)2-6)12(9,10)11/h4,7-8H,2-3,6H2,1H3,(H,9,10,11). The van der Waals surface area contributed by atoms with Gasteiger partial charge in [-0.25, -0.2) is 0 Å². The highest BCUT2D eigenvalue weighted by Crippen LogP contribution is 2.19. The summed E-state index contributed by atoms with van der Waals surface area (Å²) in [5.74, 6) is 0. The Balaban J connectivity index is 4.94. The van der Waals surface area contributed by atoms with E-state index >= 15 is 0 Å². The zero-order valence-electron chi connectivity index (χ0n) is 6.64. The van der Waals surface area contributed by atoms with Crippen LogP contribution in [-0.2, 0) is 10.1 Å². The van der Waals surface area contributed by atoms with Gasteiger partial charge in [0.25, 0.3) is 10.1 Å². The molecule has 0 aromatic rings. The Morgan fingerprint density at radius 3 is 2.08 bits per heavy atom. The average molecular weight is 199 g/mol. The summed E-state index contributed by atoms with van der Waals surface area (Å²) in [5, 5.41) is 17.8. The van der Waals surface area contributed by atoms with Crippen molar-refractivity contribution in [2.75, 3.05) is 13.2 Å². The fourth-order valence-electron chi connectivity index (χ4n) is 0.608. The van der Waals surface area contributed by atoms with E-state index in [2.05, 4.69) is 0 Å². The number of hydrogen-bond donors (Lipinski definition) is 4. The van der Waals surface area contributed by atoms with Gasteiger partial charge in [-0.3, -0.25) is 4.55 Å². The minimum Gasteiger partial charge on any atom is -0.395 e. The molecule has 2 unspecified atom stereocenters. The Morgan fingerprint density at radius 2 is 2.00 bits per heavy atom. The highest BCUT2D eigenvalue weighted by Gasteiger charge is 2.43. The second-order valence-corrected chi connectivity index (χ2v) is 4.58. The Morgan fingerprint density at radius 1 is 1.58 bits per heavy atom. The van der Waals surface area contributed by atoms with Gasteiger partial charge in [0.15, 0.2) is 0 Å². The zero-order chi connectivity index (χ0) is 9.99. The molecular formula is C5H13NO5S.